The summed E-state index contributed by atoms with van der Waals surface area (Å²) in [6.07, 6.45) is 9.97. The number of aromatic nitrogens is 2. The first kappa shape index (κ1) is 24.6. The normalized spacial score (nSPS) is 20.5. The van der Waals surface area contributed by atoms with Gasteiger partial charge in [-0.2, -0.15) is 14.1 Å². The summed E-state index contributed by atoms with van der Waals surface area (Å²) in [6.45, 7) is 1.78. The fourth-order valence-electron chi connectivity index (χ4n) is 5.52. The quantitative estimate of drug-likeness (QED) is 0.551. The Balaban J connectivity index is 1.38. The van der Waals surface area contributed by atoms with E-state index in [1.807, 2.05) is 4.90 Å². The number of halogens is 1. The van der Waals surface area contributed by atoms with E-state index in [4.69, 9.17) is 16.3 Å². The minimum Gasteiger partial charge on any atom is -0.483 e. The van der Waals surface area contributed by atoms with Crippen molar-refractivity contribution in [2.24, 2.45) is 5.92 Å². The van der Waals surface area contributed by atoms with E-state index >= 15 is 0 Å². The molecule has 1 aromatic heterocycles. The van der Waals surface area contributed by atoms with Gasteiger partial charge in [0, 0.05) is 31.2 Å². The van der Waals surface area contributed by atoms with Gasteiger partial charge in [-0.15, -0.1) is 0 Å². The van der Waals surface area contributed by atoms with E-state index in [2.05, 4.69) is 5.10 Å². The molecule has 0 atom stereocenters. The van der Waals surface area contributed by atoms with Gasteiger partial charge in [-0.3, -0.25) is 4.79 Å². The summed E-state index contributed by atoms with van der Waals surface area (Å²) in [5.41, 5.74) is 0.883. The van der Waals surface area contributed by atoms with Crippen molar-refractivity contribution in [3.05, 3.63) is 45.8 Å². The van der Waals surface area contributed by atoms with Crippen molar-refractivity contribution in [1.29, 1.82) is 0 Å². The molecule has 5 rings (SSSR count). The monoisotopic (exact) mass is 520 g/mol. The number of hydrogen-bond donors (Lipinski definition) is 0. The summed E-state index contributed by atoms with van der Waals surface area (Å²) in [5.74, 6) is 0.821. The molecule has 1 saturated heterocycles. The van der Waals surface area contributed by atoms with Gasteiger partial charge in [0.05, 0.1) is 23.7 Å². The van der Waals surface area contributed by atoms with E-state index in [9.17, 15) is 13.2 Å². The predicted molar refractivity (Wildman–Crippen MR) is 137 cm³/mol. The zero-order valence-corrected chi connectivity index (χ0v) is 21.5. The lowest BCUT2D eigenvalue weighted by Crippen LogP contribution is -2.50. The maximum Gasteiger partial charge on any atom is 0.316 e. The molecule has 0 spiro atoms. The van der Waals surface area contributed by atoms with Gasteiger partial charge >= 0.3 is 5.56 Å². The van der Waals surface area contributed by atoms with Crippen molar-refractivity contribution in [1.82, 2.24) is 14.1 Å². The highest BCUT2D eigenvalue weighted by molar-refractivity contribution is 7.89. The topological polar surface area (TPSA) is 84.7 Å². The minimum absolute atomic E-state index is 0.00439. The third kappa shape index (κ3) is 5.52. The van der Waals surface area contributed by atoms with Crippen molar-refractivity contribution >= 4 is 27.3 Å². The molecule has 8 nitrogen and oxygen atoms in total. The summed E-state index contributed by atoms with van der Waals surface area (Å²) >= 11 is 6.14. The second kappa shape index (κ2) is 10.5. The maximum absolute atomic E-state index is 13.5. The van der Waals surface area contributed by atoms with Crippen LogP contribution in [0.5, 0.6) is 5.75 Å². The van der Waals surface area contributed by atoms with Crippen molar-refractivity contribution in [3.8, 4) is 11.4 Å². The Morgan fingerprint density at radius 2 is 1.69 bits per heavy atom. The Morgan fingerprint density at radius 3 is 2.37 bits per heavy atom. The van der Waals surface area contributed by atoms with Gasteiger partial charge in [0.1, 0.15) is 5.69 Å². The van der Waals surface area contributed by atoms with E-state index in [0.29, 0.717) is 42.6 Å². The number of piperazine rings is 1. The van der Waals surface area contributed by atoms with Crippen molar-refractivity contribution in [2.45, 2.75) is 57.5 Å². The van der Waals surface area contributed by atoms with E-state index < -0.39 is 10.0 Å². The molecule has 2 aliphatic carbocycles. The molecule has 1 aliphatic heterocycles. The highest BCUT2D eigenvalue weighted by Crippen LogP contribution is 2.31. The Morgan fingerprint density at radius 1 is 1.00 bits per heavy atom. The van der Waals surface area contributed by atoms with Crippen LogP contribution in [0.4, 0.5) is 5.69 Å². The first-order chi connectivity index (χ1) is 16.9. The lowest BCUT2D eigenvalue weighted by molar-refractivity contribution is 0.205. The Kier molecular flexibility index (Phi) is 7.37. The van der Waals surface area contributed by atoms with Crippen LogP contribution in [0.2, 0.25) is 5.02 Å². The number of nitrogens with zero attached hydrogens (tertiary/aromatic N) is 4. The van der Waals surface area contributed by atoms with Crippen LogP contribution in [0, 0.1) is 5.92 Å². The van der Waals surface area contributed by atoms with Crippen molar-refractivity contribution in [2.75, 3.05) is 36.8 Å². The molecule has 0 amide bonds. The van der Waals surface area contributed by atoms with Crippen LogP contribution in [0.1, 0.15) is 51.4 Å². The predicted octanol–water partition coefficient (Wildman–Crippen LogP) is 3.85. The SMILES string of the molecule is O=c1c(OC2CCCC2)c(N2CCN(S(=O)(=O)CC3CCCC3)CC2)cnn1-c1cccc(Cl)c1. The van der Waals surface area contributed by atoms with Gasteiger partial charge in [0.2, 0.25) is 15.8 Å². The molecule has 0 radical (unpaired) electrons. The van der Waals surface area contributed by atoms with Gasteiger partial charge in [-0.1, -0.05) is 30.5 Å². The average molecular weight is 521 g/mol. The van der Waals surface area contributed by atoms with Crippen LogP contribution >= 0.6 is 11.6 Å². The van der Waals surface area contributed by atoms with Crippen LogP contribution in [-0.4, -0.2) is 60.5 Å². The van der Waals surface area contributed by atoms with Crippen LogP contribution in [0.3, 0.4) is 0 Å². The largest absolute Gasteiger partial charge is 0.483 e. The van der Waals surface area contributed by atoms with Crippen LogP contribution in [0.15, 0.2) is 35.3 Å². The van der Waals surface area contributed by atoms with E-state index in [1.54, 1.807) is 34.8 Å². The molecule has 2 aromatic rings. The lowest BCUT2D eigenvalue weighted by atomic mass is 10.1. The van der Waals surface area contributed by atoms with Gasteiger partial charge in [0.25, 0.3) is 0 Å². The molecule has 10 heteroatoms. The Labute approximate surface area is 211 Å². The molecule has 2 heterocycles. The number of sulfonamides is 1. The number of hydrogen-bond acceptors (Lipinski definition) is 6. The van der Waals surface area contributed by atoms with Gasteiger partial charge in [-0.05, 0) is 62.6 Å². The van der Waals surface area contributed by atoms with E-state index in [-0.39, 0.29) is 29.1 Å². The van der Waals surface area contributed by atoms with Crippen LogP contribution in [-0.2, 0) is 10.0 Å². The van der Waals surface area contributed by atoms with E-state index in [0.717, 1.165) is 51.4 Å². The molecule has 190 valence electrons. The van der Waals surface area contributed by atoms with Gasteiger partial charge in [-0.25, -0.2) is 8.42 Å². The van der Waals surface area contributed by atoms with Crippen molar-refractivity contribution in [3.63, 3.8) is 0 Å². The lowest BCUT2D eigenvalue weighted by Gasteiger charge is -2.36. The molecule has 0 bridgehead atoms. The molecule has 3 aliphatic rings. The summed E-state index contributed by atoms with van der Waals surface area (Å²) in [7, 11) is -3.27. The number of anilines is 1. The molecule has 1 aromatic carbocycles. The third-order valence-corrected chi connectivity index (χ3v) is 9.73. The molecule has 2 saturated carbocycles. The Hall–Kier alpha value is -2.10. The zero-order chi connectivity index (χ0) is 24.4. The van der Waals surface area contributed by atoms with Crippen LogP contribution in [0.25, 0.3) is 5.69 Å². The van der Waals surface area contributed by atoms with E-state index in [1.165, 1.54) is 4.68 Å². The van der Waals surface area contributed by atoms with Crippen LogP contribution < -0.4 is 15.2 Å². The second-order valence-corrected chi connectivity index (χ2v) is 12.3. The fraction of sp³-hybridized carbons (Fsp3) is 0.600. The Bertz CT molecular complexity index is 1200. The smallest absolute Gasteiger partial charge is 0.316 e. The summed E-state index contributed by atoms with van der Waals surface area (Å²) in [6, 6.07) is 7.01. The number of ether oxygens (including phenoxy) is 1. The van der Waals surface area contributed by atoms with Gasteiger partial charge < -0.3 is 9.64 Å². The van der Waals surface area contributed by atoms with Crippen molar-refractivity contribution < 1.29 is 13.2 Å². The molecular formula is C25H33ClN4O4S. The highest BCUT2D eigenvalue weighted by atomic mass is 35.5. The molecular weight excluding hydrogens is 488 g/mol. The number of benzene rings is 1. The number of rotatable bonds is 7. The minimum atomic E-state index is -3.27. The molecule has 35 heavy (non-hydrogen) atoms. The summed E-state index contributed by atoms with van der Waals surface area (Å²) < 4.78 is 35.2. The second-order valence-electron chi connectivity index (χ2n) is 9.90. The standard InChI is InChI=1S/C25H33ClN4O4S/c26-20-8-5-9-21(16-20)30-25(31)24(34-22-10-3-4-11-22)23(17-27-30)28-12-14-29(15-13-28)35(32,33)18-19-6-1-2-7-19/h5,8-9,16-17,19,22H,1-4,6-7,10-15,18H2. The summed E-state index contributed by atoms with van der Waals surface area (Å²) in [5, 5.41) is 4.95. The maximum atomic E-state index is 13.5. The first-order valence-corrected chi connectivity index (χ1v) is 14.7. The third-order valence-electron chi connectivity index (χ3n) is 7.45. The molecule has 0 N–H and O–H groups in total. The molecule has 3 fully saturated rings. The average Bonchev–Trinajstić information content (AvgIpc) is 3.55. The summed E-state index contributed by atoms with van der Waals surface area (Å²) in [4.78, 5) is 15.6. The molecule has 0 unspecified atom stereocenters. The zero-order valence-electron chi connectivity index (χ0n) is 19.9. The van der Waals surface area contributed by atoms with Gasteiger partial charge in [0.15, 0.2) is 0 Å². The first-order valence-electron chi connectivity index (χ1n) is 12.7. The fourth-order valence-corrected chi connectivity index (χ4v) is 7.56. The highest BCUT2D eigenvalue weighted by Gasteiger charge is 2.32.